The molecule has 2 rings (SSSR count). The molecule has 0 aliphatic rings. The monoisotopic (exact) mass is 272 g/mol. The summed E-state index contributed by atoms with van der Waals surface area (Å²) in [7, 11) is 3.65. The summed E-state index contributed by atoms with van der Waals surface area (Å²) in [6.45, 7) is 1.34. The molecule has 4 heteroatoms. The van der Waals surface area contributed by atoms with Crippen LogP contribution in [0, 0.1) is 0 Å². The third-order valence-electron chi connectivity index (χ3n) is 3.06. The van der Waals surface area contributed by atoms with Gasteiger partial charge in [-0.25, -0.2) is 0 Å². The Labute approximate surface area is 119 Å². The number of methoxy groups -OCH3 is 1. The zero-order valence-electron chi connectivity index (χ0n) is 11.9. The van der Waals surface area contributed by atoms with Crippen molar-refractivity contribution in [1.29, 1.82) is 0 Å². The number of likely N-dealkylation sites (N-methyl/N-ethyl adjacent to an activating group) is 1. The highest BCUT2D eigenvalue weighted by atomic mass is 16.5. The summed E-state index contributed by atoms with van der Waals surface area (Å²) < 4.78 is 11.0. The van der Waals surface area contributed by atoms with E-state index in [1.54, 1.807) is 7.11 Å². The maximum absolute atomic E-state index is 5.78. The van der Waals surface area contributed by atoms with Gasteiger partial charge >= 0.3 is 0 Å². The van der Waals surface area contributed by atoms with Gasteiger partial charge in [-0.15, -0.1) is 0 Å². The van der Waals surface area contributed by atoms with E-state index in [0.717, 1.165) is 29.4 Å². The fourth-order valence-corrected chi connectivity index (χ4v) is 1.92. The van der Waals surface area contributed by atoms with E-state index in [-0.39, 0.29) is 0 Å². The van der Waals surface area contributed by atoms with E-state index in [4.69, 9.17) is 15.2 Å². The van der Waals surface area contributed by atoms with Gasteiger partial charge in [-0.2, -0.15) is 0 Å². The third-order valence-corrected chi connectivity index (χ3v) is 3.06. The second-order valence-electron chi connectivity index (χ2n) is 4.52. The number of benzene rings is 2. The largest absolute Gasteiger partial charge is 0.493 e. The molecule has 0 unspecified atom stereocenters. The first-order chi connectivity index (χ1) is 9.70. The summed E-state index contributed by atoms with van der Waals surface area (Å²) in [6, 6.07) is 15.4. The lowest BCUT2D eigenvalue weighted by Crippen LogP contribution is -2.23. The van der Waals surface area contributed by atoms with Crippen LogP contribution in [0.4, 0.5) is 11.4 Å². The van der Waals surface area contributed by atoms with Crippen molar-refractivity contribution in [1.82, 2.24) is 0 Å². The van der Waals surface area contributed by atoms with Crippen LogP contribution in [0.25, 0.3) is 0 Å². The van der Waals surface area contributed by atoms with Gasteiger partial charge < -0.3 is 20.1 Å². The van der Waals surface area contributed by atoms with Gasteiger partial charge in [0, 0.05) is 18.4 Å². The maximum Gasteiger partial charge on any atom is 0.161 e. The number of rotatable bonds is 6. The molecule has 0 radical (unpaired) electrons. The zero-order chi connectivity index (χ0) is 14.4. The van der Waals surface area contributed by atoms with Gasteiger partial charge in [0.15, 0.2) is 11.5 Å². The average Bonchev–Trinajstić information content (AvgIpc) is 2.47. The van der Waals surface area contributed by atoms with Crippen LogP contribution < -0.4 is 20.1 Å². The van der Waals surface area contributed by atoms with E-state index < -0.39 is 0 Å². The molecule has 2 N–H and O–H groups in total. The Morgan fingerprint density at radius 1 is 1.05 bits per heavy atom. The van der Waals surface area contributed by atoms with Crippen LogP contribution in [0.3, 0.4) is 0 Å². The lowest BCUT2D eigenvalue weighted by Gasteiger charge is -2.20. The molecule has 0 heterocycles. The van der Waals surface area contributed by atoms with Crippen LogP contribution in [0.5, 0.6) is 11.5 Å². The van der Waals surface area contributed by atoms with Gasteiger partial charge in [-0.3, -0.25) is 0 Å². The molecule has 0 aromatic heterocycles. The van der Waals surface area contributed by atoms with E-state index in [0.29, 0.717) is 6.61 Å². The van der Waals surface area contributed by atoms with Crippen LogP contribution in [0.2, 0.25) is 0 Å². The molecule has 0 spiro atoms. The van der Waals surface area contributed by atoms with Crippen molar-refractivity contribution in [3.05, 3.63) is 48.5 Å². The first-order valence-electron chi connectivity index (χ1n) is 6.53. The first kappa shape index (κ1) is 14.1. The van der Waals surface area contributed by atoms with Crippen molar-refractivity contribution in [2.24, 2.45) is 0 Å². The molecule has 2 aromatic carbocycles. The van der Waals surface area contributed by atoms with E-state index in [2.05, 4.69) is 4.90 Å². The maximum atomic E-state index is 5.78. The van der Waals surface area contributed by atoms with Crippen molar-refractivity contribution in [3.8, 4) is 11.5 Å². The number of nitrogen functional groups attached to an aromatic ring is 1. The standard InChI is InChI=1S/C16H20N2O2/c1-18(14-7-5-6-13(17)12-14)10-11-20-16-9-4-3-8-15(16)19-2/h3-9,12H,10-11,17H2,1-2H3. The Balaban J connectivity index is 1.89. The molecule has 106 valence electrons. The van der Waals surface area contributed by atoms with E-state index in [1.807, 2.05) is 55.6 Å². The normalized spacial score (nSPS) is 10.1. The number of para-hydroxylation sites is 2. The Hall–Kier alpha value is -2.36. The van der Waals surface area contributed by atoms with Gasteiger partial charge in [0.05, 0.1) is 13.7 Å². The van der Waals surface area contributed by atoms with Gasteiger partial charge in [0.2, 0.25) is 0 Å². The Morgan fingerprint density at radius 2 is 1.80 bits per heavy atom. The van der Waals surface area contributed by atoms with Crippen molar-refractivity contribution in [2.75, 3.05) is 37.9 Å². The second kappa shape index (κ2) is 6.70. The molecule has 0 fully saturated rings. The molecular formula is C16H20N2O2. The molecule has 0 aliphatic heterocycles. The minimum Gasteiger partial charge on any atom is -0.493 e. The molecule has 0 bridgehead atoms. The van der Waals surface area contributed by atoms with Crippen LogP contribution in [0.15, 0.2) is 48.5 Å². The van der Waals surface area contributed by atoms with Crippen LogP contribution in [-0.4, -0.2) is 27.3 Å². The SMILES string of the molecule is COc1ccccc1OCCN(C)c1cccc(N)c1. The number of ether oxygens (including phenoxy) is 2. The van der Waals surface area contributed by atoms with Crippen molar-refractivity contribution < 1.29 is 9.47 Å². The van der Waals surface area contributed by atoms with Gasteiger partial charge in [0.25, 0.3) is 0 Å². The van der Waals surface area contributed by atoms with Crippen molar-refractivity contribution in [3.63, 3.8) is 0 Å². The molecule has 0 saturated carbocycles. The minimum absolute atomic E-state index is 0.575. The fourth-order valence-electron chi connectivity index (χ4n) is 1.92. The quantitative estimate of drug-likeness (QED) is 0.821. The molecule has 0 atom stereocenters. The summed E-state index contributed by atoms with van der Waals surface area (Å²) in [5.41, 5.74) is 7.62. The molecule has 0 saturated heterocycles. The predicted octanol–water partition coefficient (Wildman–Crippen LogP) is 2.79. The number of anilines is 2. The first-order valence-corrected chi connectivity index (χ1v) is 6.53. The summed E-state index contributed by atoms with van der Waals surface area (Å²) in [6.07, 6.45) is 0. The third kappa shape index (κ3) is 3.57. The van der Waals surface area contributed by atoms with Gasteiger partial charge in [-0.05, 0) is 30.3 Å². The van der Waals surface area contributed by atoms with Gasteiger partial charge in [0.1, 0.15) is 6.61 Å². The van der Waals surface area contributed by atoms with Gasteiger partial charge in [-0.1, -0.05) is 18.2 Å². The number of hydrogen-bond donors (Lipinski definition) is 1. The summed E-state index contributed by atoms with van der Waals surface area (Å²) in [5.74, 6) is 1.51. The minimum atomic E-state index is 0.575. The topological polar surface area (TPSA) is 47.7 Å². The molecular weight excluding hydrogens is 252 g/mol. The molecule has 20 heavy (non-hydrogen) atoms. The number of nitrogens with zero attached hydrogens (tertiary/aromatic N) is 1. The highest BCUT2D eigenvalue weighted by Crippen LogP contribution is 2.25. The Bertz CT molecular complexity index is 558. The molecule has 4 nitrogen and oxygen atoms in total. The highest BCUT2D eigenvalue weighted by molar-refractivity contribution is 5.55. The summed E-state index contributed by atoms with van der Waals surface area (Å²) in [5, 5.41) is 0. The Kier molecular flexibility index (Phi) is 4.71. The average molecular weight is 272 g/mol. The lowest BCUT2D eigenvalue weighted by atomic mass is 10.2. The summed E-state index contributed by atoms with van der Waals surface area (Å²) in [4.78, 5) is 2.10. The number of nitrogens with two attached hydrogens (primary N) is 1. The highest BCUT2D eigenvalue weighted by Gasteiger charge is 2.04. The molecule has 2 aromatic rings. The van der Waals surface area contributed by atoms with Crippen LogP contribution in [0.1, 0.15) is 0 Å². The molecule has 0 amide bonds. The van der Waals surface area contributed by atoms with Crippen molar-refractivity contribution >= 4 is 11.4 Å². The summed E-state index contributed by atoms with van der Waals surface area (Å²) >= 11 is 0. The lowest BCUT2D eigenvalue weighted by molar-refractivity contribution is 0.301. The smallest absolute Gasteiger partial charge is 0.161 e. The van der Waals surface area contributed by atoms with Crippen molar-refractivity contribution in [2.45, 2.75) is 0 Å². The van der Waals surface area contributed by atoms with E-state index in [9.17, 15) is 0 Å². The van der Waals surface area contributed by atoms with E-state index >= 15 is 0 Å². The number of hydrogen-bond acceptors (Lipinski definition) is 4. The van der Waals surface area contributed by atoms with E-state index in [1.165, 1.54) is 0 Å². The molecule has 0 aliphatic carbocycles. The second-order valence-corrected chi connectivity index (χ2v) is 4.52. The van der Waals surface area contributed by atoms with Crippen LogP contribution in [-0.2, 0) is 0 Å². The van der Waals surface area contributed by atoms with Crippen LogP contribution >= 0.6 is 0 Å². The predicted molar refractivity (Wildman–Crippen MR) is 82.6 cm³/mol. The zero-order valence-corrected chi connectivity index (χ0v) is 11.9. The fraction of sp³-hybridized carbons (Fsp3) is 0.250. The Morgan fingerprint density at radius 3 is 2.50 bits per heavy atom.